The average Bonchev–Trinajstić information content (AvgIpc) is 2.46. The molecule has 7 nitrogen and oxygen atoms in total. The second kappa shape index (κ2) is 8.68. The summed E-state index contributed by atoms with van der Waals surface area (Å²) in [6.07, 6.45) is -0.244. The number of quaternary nitrogens is 1. The van der Waals surface area contributed by atoms with Gasteiger partial charge in [-0.25, -0.2) is 0 Å². The van der Waals surface area contributed by atoms with Crippen LogP contribution in [0.25, 0.3) is 0 Å². The van der Waals surface area contributed by atoms with Gasteiger partial charge >= 0.3 is 0 Å². The number of carbonyl (C=O) groups excluding carboxylic acids is 2. The fraction of sp³-hybridized carbons (Fsp3) is 0.357. The molecule has 0 fully saturated rings. The van der Waals surface area contributed by atoms with E-state index in [1.54, 1.807) is 24.3 Å². The maximum Gasteiger partial charge on any atom is 0.230 e. The third-order valence-electron chi connectivity index (χ3n) is 2.80. The Morgan fingerprint density at radius 3 is 2.81 bits per heavy atom. The van der Waals surface area contributed by atoms with Crippen LogP contribution in [0.1, 0.15) is 12.0 Å². The zero-order valence-corrected chi connectivity index (χ0v) is 11.7. The summed E-state index contributed by atoms with van der Waals surface area (Å²) >= 11 is 0. The van der Waals surface area contributed by atoms with E-state index in [-0.39, 0.29) is 6.42 Å². The predicted molar refractivity (Wildman–Crippen MR) is 71.9 cm³/mol. The smallest absolute Gasteiger partial charge is 0.230 e. The Morgan fingerprint density at radius 2 is 2.19 bits per heavy atom. The van der Waals surface area contributed by atoms with E-state index in [2.05, 4.69) is 5.32 Å². The number of carbonyl (C=O) groups is 2. The number of benzene rings is 1. The molecule has 3 N–H and O–H groups in total. The number of ether oxygens (including phenoxy) is 1. The van der Waals surface area contributed by atoms with Crippen molar-refractivity contribution in [2.75, 3.05) is 25.6 Å². The second-order valence-electron chi connectivity index (χ2n) is 4.35. The summed E-state index contributed by atoms with van der Waals surface area (Å²) < 4.78 is 4.82. The summed E-state index contributed by atoms with van der Waals surface area (Å²) in [5.74, 6) is -1.80. The SMILES string of the molecule is COCC[NH2+][C@@H](CC(=O)Nc1ccccc1C#N)C(=O)[O-]. The topological polar surface area (TPSA) is 119 Å². The molecule has 0 unspecified atom stereocenters. The average molecular weight is 291 g/mol. The lowest BCUT2D eigenvalue weighted by molar-refractivity contribution is -0.683. The maximum absolute atomic E-state index is 11.9. The molecule has 1 aromatic rings. The summed E-state index contributed by atoms with van der Waals surface area (Å²) in [6, 6.07) is 7.46. The van der Waals surface area contributed by atoms with Crippen molar-refractivity contribution >= 4 is 17.6 Å². The molecule has 0 spiro atoms. The minimum atomic E-state index is -1.31. The number of anilines is 1. The molecule has 0 heterocycles. The zero-order chi connectivity index (χ0) is 15.7. The van der Waals surface area contributed by atoms with Crippen LogP contribution in [-0.2, 0) is 14.3 Å². The van der Waals surface area contributed by atoms with Crippen molar-refractivity contribution in [1.82, 2.24) is 0 Å². The molecule has 0 aliphatic heterocycles. The van der Waals surface area contributed by atoms with E-state index in [0.717, 1.165) is 0 Å². The van der Waals surface area contributed by atoms with Crippen molar-refractivity contribution in [1.29, 1.82) is 5.26 Å². The number of carboxylic acids is 1. The Labute approximate surface area is 122 Å². The first-order chi connectivity index (χ1) is 10.1. The summed E-state index contributed by atoms with van der Waals surface area (Å²) in [4.78, 5) is 22.9. The number of aliphatic carboxylic acids is 1. The van der Waals surface area contributed by atoms with Gasteiger partial charge in [0.2, 0.25) is 5.91 Å². The first-order valence-corrected chi connectivity index (χ1v) is 6.40. The number of hydrogen-bond acceptors (Lipinski definition) is 5. The number of carboxylic acid groups (broad SMARTS) is 1. The van der Waals surface area contributed by atoms with Crippen molar-refractivity contribution in [3.05, 3.63) is 29.8 Å². The van der Waals surface area contributed by atoms with Gasteiger partial charge in [-0.2, -0.15) is 5.26 Å². The lowest BCUT2D eigenvalue weighted by Gasteiger charge is -2.16. The lowest BCUT2D eigenvalue weighted by atomic mass is 10.1. The van der Waals surface area contributed by atoms with Crippen LogP contribution < -0.4 is 15.7 Å². The van der Waals surface area contributed by atoms with E-state index in [0.29, 0.717) is 24.4 Å². The third kappa shape index (κ3) is 5.60. The van der Waals surface area contributed by atoms with Crippen molar-refractivity contribution < 1.29 is 24.7 Å². The van der Waals surface area contributed by atoms with E-state index in [9.17, 15) is 14.7 Å². The Morgan fingerprint density at radius 1 is 1.48 bits per heavy atom. The molecular formula is C14H17N3O4. The van der Waals surface area contributed by atoms with Crippen LogP contribution in [0.5, 0.6) is 0 Å². The number of rotatable bonds is 8. The molecule has 0 bridgehead atoms. The molecular weight excluding hydrogens is 274 g/mol. The molecule has 1 rings (SSSR count). The van der Waals surface area contributed by atoms with Gasteiger partial charge in [0.15, 0.2) is 0 Å². The quantitative estimate of drug-likeness (QED) is 0.549. The van der Waals surface area contributed by atoms with Gasteiger partial charge in [-0.3, -0.25) is 4.79 Å². The monoisotopic (exact) mass is 291 g/mol. The zero-order valence-electron chi connectivity index (χ0n) is 11.7. The largest absolute Gasteiger partial charge is 0.544 e. The molecule has 0 aliphatic rings. The molecule has 1 aromatic carbocycles. The van der Waals surface area contributed by atoms with Gasteiger partial charge in [-0.05, 0) is 12.1 Å². The van der Waals surface area contributed by atoms with Crippen LogP contribution in [-0.4, -0.2) is 38.2 Å². The highest BCUT2D eigenvalue weighted by atomic mass is 16.5. The van der Waals surface area contributed by atoms with Gasteiger partial charge in [0, 0.05) is 7.11 Å². The van der Waals surface area contributed by atoms with Crippen LogP contribution in [0, 0.1) is 11.3 Å². The fourth-order valence-electron chi connectivity index (χ4n) is 1.74. The first kappa shape index (κ1) is 16.6. The number of amides is 1. The minimum Gasteiger partial charge on any atom is -0.544 e. The lowest BCUT2D eigenvalue weighted by Crippen LogP contribution is -2.94. The normalized spacial score (nSPS) is 11.4. The molecule has 7 heteroatoms. The number of nitriles is 1. The number of nitrogens with one attached hydrogen (secondary N) is 1. The van der Waals surface area contributed by atoms with Crippen LogP contribution in [0.2, 0.25) is 0 Å². The van der Waals surface area contributed by atoms with Crippen molar-refractivity contribution in [2.45, 2.75) is 12.5 Å². The number of nitrogens with two attached hydrogens (primary N) is 1. The second-order valence-corrected chi connectivity index (χ2v) is 4.35. The molecule has 1 amide bonds. The number of methoxy groups -OCH3 is 1. The highest BCUT2D eigenvalue weighted by molar-refractivity contribution is 5.94. The van der Waals surface area contributed by atoms with E-state index in [1.165, 1.54) is 12.4 Å². The molecule has 1 atom stereocenters. The Kier molecular flexibility index (Phi) is 6.87. The molecule has 0 radical (unpaired) electrons. The minimum absolute atomic E-state index is 0.244. The summed E-state index contributed by atoms with van der Waals surface area (Å²) in [5.41, 5.74) is 0.679. The first-order valence-electron chi connectivity index (χ1n) is 6.40. The molecule has 0 aromatic heterocycles. The summed E-state index contributed by atoms with van der Waals surface area (Å²) in [6.45, 7) is 0.792. The Balaban J connectivity index is 2.62. The van der Waals surface area contributed by atoms with Crippen molar-refractivity contribution in [2.24, 2.45) is 0 Å². The molecule has 112 valence electrons. The molecule has 21 heavy (non-hydrogen) atoms. The number of nitrogens with zero attached hydrogens (tertiary/aromatic N) is 1. The van der Waals surface area contributed by atoms with Crippen LogP contribution in [0.3, 0.4) is 0 Å². The Bertz CT molecular complexity index is 539. The van der Waals surface area contributed by atoms with Gasteiger partial charge in [0.1, 0.15) is 12.1 Å². The van der Waals surface area contributed by atoms with Crippen LogP contribution in [0.4, 0.5) is 5.69 Å². The summed E-state index contributed by atoms with van der Waals surface area (Å²) in [7, 11) is 1.51. The van der Waals surface area contributed by atoms with E-state index < -0.39 is 17.9 Å². The maximum atomic E-state index is 11.9. The molecule has 0 saturated heterocycles. The number of para-hydroxylation sites is 1. The standard InChI is InChI=1S/C14H17N3O4/c1-21-7-6-16-12(14(19)20)8-13(18)17-11-5-3-2-4-10(11)9-15/h2-5,12,16H,6-8H2,1H3,(H,17,18)(H,19,20)/t12-/m0/s1. The van der Waals surface area contributed by atoms with Crippen LogP contribution >= 0.6 is 0 Å². The fourth-order valence-corrected chi connectivity index (χ4v) is 1.74. The highest BCUT2D eigenvalue weighted by Crippen LogP contribution is 2.13. The van der Waals surface area contributed by atoms with Crippen LogP contribution in [0.15, 0.2) is 24.3 Å². The van der Waals surface area contributed by atoms with Gasteiger partial charge in [-0.1, -0.05) is 12.1 Å². The molecule has 0 saturated carbocycles. The number of hydrogen-bond donors (Lipinski definition) is 2. The van der Waals surface area contributed by atoms with Gasteiger partial charge in [0.05, 0.1) is 36.8 Å². The van der Waals surface area contributed by atoms with E-state index in [4.69, 9.17) is 10.00 Å². The van der Waals surface area contributed by atoms with Gasteiger partial charge in [0.25, 0.3) is 0 Å². The third-order valence-corrected chi connectivity index (χ3v) is 2.80. The molecule has 0 aliphatic carbocycles. The van der Waals surface area contributed by atoms with Crippen molar-refractivity contribution in [3.63, 3.8) is 0 Å². The van der Waals surface area contributed by atoms with Crippen molar-refractivity contribution in [3.8, 4) is 6.07 Å². The van der Waals surface area contributed by atoms with Gasteiger partial charge < -0.3 is 25.3 Å². The predicted octanol–water partition coefficient (Wildman–Crippen LogP) is -1.78. The highest BCUT2D eigenvalue weighted by Gasteiger charge is 2.18. The van der Waals surface area contributed by atoms with E-state index >= 15 is 0 Å². The Hall–Kier alpha value is -2.43. The van der Waals surface area contributed by atoms with Gasteiger partial charge in [-0.15, -0.1) is 0 Å². The summed E-state index contributed by atoms with van der Waals surface area (Å²) in [5, 5.41) is 23.9. The van der Waals surface area contributed by atoms with E-state index in [1.807, 2.05) is 6.07 Å².